The molecule has 0 aliphatic carbocycles. The second kappa shape index (κ2) is 8.25. The van der Waals surface area contributed by atoms with Crippen molar-refractivity contribution in [3.63, 3.8) is 0 Å². The molecule has 150 valence electrons. The van der Waals surface area contributed by atoms with Crippen molar-refractivity contribution >= 4 is 17.3 Å². The van der Waals surface area contributed by atoms with Gasteiger partial charge in [-0.25, -0.2) is 0 Å². The fourth-order valence-electron chi connectivity index (χ4n) is 3.79. The number of methoxy groups -OCH3 is 1. The molecule has 3 aromatic rings. The minimum Gasteiger partial charge on any atom is -0.497 e. The van der Waals surface area contributed by atoms with Gasteiger partial charge in [0.25, 0.3) is 0 Å². The van der Waals surface area contributed by atoms with Gasteiger partial charge < -0.3 is 19.5 Å². The fourth-order valence-corrected chi connectivity index (χ4v) is 4.10. The topological polar surface area (TPSA) is 42.3 Å². The molecule has 3 heterocycles. The van der Waals surface area contributed by atoms with Crippen LogP contribution in [0, 0.1) is 0 Å². The number of nitrogens with zero attached hydrogens (tertiary/aromatic N) is 3. The molecular weight excluding hydrogens is 380 g/mol. The molecule has 1 N–H and O–H groups in total. The lowest BCUT2D eigenvalue weighted by Gasteiger charge is -2.27. The molecule has 1 fully saturated rings. The summed E-state index contributed by atoms with van der Waals surface area (Å²) in [5.74, 6) is 0.854. The highest BCUT2D eigenvalue weighted by Crippen LogP contribution is 2.39. The molecule has 2 unspecified atom stereocenters. The summed E-state index contributed by atoms with van der Waals surface area (Å²) in [5, 5.41) is 4.26. The van der Waals surface area contributed by atoms with Gasteiger partial charge in [0.15, 0.2) is 5.11 Å². The highest BCUT2D eigenvalue weighted by Gasteiger charge is 2.40. The van der Waals surface area contributed by atoms with Gasteiger partial charge in [0.1, 0.15) is 5.75 Å². The second-order valence-corrected chi connectivity index (χ2v) is 7.98. The van der Waals surface area contributed by atoms with E-state index in [9.17, 15) is 0 Å². The highest BCUT2D eigenvalue weighted by molar-refractivity contribution is 7.80. The Bertz CT molecular complexity index is 968. The molecule has 2 aromatic heterocycles. The van der Waals surface area contributed by atoms with E-state index in [0.717, 1.165) is 23.1 Å². The third kappa shape index (κ3) is 3.98. The lowest BCUT2D eigenvalue weighted by molar-refractivity contribution is 0.310. The van der Waals surface area contributed by atoms with Crippen LogP contribution in [0.2, 0.25) is 0 Å². The maximum Gasteiger partial charge on any atom is 0.170 e. The summed E-state index contributed by atoms with van der Waals surface area (Å²) in [5.41, 5.74) is 3.41. The van der Waals surface area contributed by atoms with E-state index in [1.54, 1.807) is 7.11 Å². The molecule has 0 radical (unpaired) electrons. The summed E-state index contributed by atoms with van der Waals surface area (Å²) in [7, 11) is 1.68. The van der Waals surface area contributed by atoms with Crippen molar-refractivity contribution in [2.24, 2.45) is 0 Å². The Labute approximate surface area is 177 Å². The number of hydrogen-bond donors (Lipinski definition) is 1. The molecule has 0 bridgehead atoms. The van der Waals surface area contributed by atoms with Crippen molar-refractivity contribution in [3.05, 3.63) is 83.9 Å². The Morgan fingerprint density at radius 2 is 1.93 bits per heavy atom. The molecular formula is C23H26N4OS. The lowest BCUT2D eigenvalue weighted by Crippen LogP contribution is -2.29. The zero-order chi connectivity index (χ0) is 20.4. The number of aromatic nitrogens is 2. The van der Waals surface area contributed by atoms with Gasteiger partial charge in [0, 0.05) is 31.2 Å². The third-order valence-electron chi connectivity index (χ3n) is 5.38. The zero-order valence-corrected chi connectivity index (χ0v) is 17.8. The van der Waals surface area contributed by atoms with Crippen molar-refractivity contribution in [2.75, 3.05) is 7.11 Å². The van der Waals surface area contributed by atoms with Gasteiger partial charge >= 0.3 is 0 Å². The molecule has 5 nitrogen and oxygen atoms in total. The Kier molecular flexibility index (Phi) is 5.53. The molecule has 1 aliphatic rings. The largest absolute Gasteiger partial charge is 0.497 e. The van der Waals surface area contributed by atoms with E-state index in [4.69, 9.17) is 17.0 Å². The van der Waals surface area contributed by atoms with Crippen LogP contribution in [0.1, 0.15) is 48.8 Å². The first-order valence-electron chi connectivity index (χ1n) is 9.85. The first-order valence-corrected chi connectivity index (χ1v) is 10.3. The molecule has 1 saturated heterocycles. The van der Waals surface area contributed by atoms with Gasteiger partial charge in [-0.3, -0.25) is 4.98 Å². The molecule has 4 rings (SSSR count). The number of hydrogen-bond acceptors (Lipinski definition) is 3. The van der Waals surface area contributed by atoms with Crippen molar-refractivity contribution in [1.82, 2.24) is 19.8 Å². The molecule has 1 aromatic carbocycles. The Hall–Kier alpha value is -2.86. The van der Waals surface area contributed by atoms with Gasteiger partial charge in [-0.05, 0) is 67.5 Å². The lowest BCUT2D eigenvalue weighted by atomic mass is 9.98. The van der Waals surface area contributed by atoms with Crippen LogP contribution in [0.25, 0.3) is 0 Å². The van der Waals surface area contributed by atoms with Crippen LogP contribution in [0.3, 0.4) is 0 Å². The molecule has 6 heteroatoms. The summed E-state index contributed by atoms with van der Waals surface area (Å²) in [6.45, 7) is 5.09. The summed E-state index contributed by atoms with van der Waals surface area (Å²) < 4.78 is 7.52. The number of ether oxygens (including phenoxy) is 1. The van der Waals surface area contributed by atoms with Crippen LogP contribution in [0.15, 0.2) is 67.1 Å². The SMILES string of the molecule is COc1ccc(CN2C(=S)NC(c3ccccn3)C2c2ccn(C(C)C)c2)cc1. The van der Waals surface area contributed by atoms with E-state index in [1.807, 2.05) is 30.5 Å². The number of rotatable bonds is 6. The Morgan fingerprint density at radius 3 is 2.55 bits per heavy atom. The van der Waals surface area contributed by atoms with Gasteiger partial charge in [0.05, 0.1) is 24.9 Å². The first kappa shape index (κ1) is 19.5. The van der Waals surface area contributed by atoms with Crippen LogP contribution >= 0.6 is 12.2 Å². The Balaban J connectivity index is 1.69. The smallest absolute Gasteiger partial charge is 0.170 e. The van der Waals surface area contributed by atoms with Crippen LogP contribution in [0.5, 0.6) is 5.75 Å². The molecule has 29 heavy (non-hydrogen) atoms. The number of pyridine rings is 1. The van der Waals surface area contributed by atoms with Crippen LogP contribution in [-0.2, 0) is 6.54 Å². The third-order valence-corrected chi connectivity index (χ3v) is 5.74. The van der Waals surface area contributed by atoms with Crippen molar-refractivity contribution in [2.45, 2.75) is 38.5 Å². The van der Waals surface area contributed by atoms with E-state index in [-0.39, 0.29) is 12.1 Å². The summed E-state index contributed by atoms with van der Waals surface area (Å²) in [4.78, 5) is 6.87. The molecule has 0 saturated carbocycles. The normalized spacial score (nSPS) is 18.9. The highest BCUT2D eigenvalue weighted by atomic mass is 32.1. The van der Waals surface area contributed by atoms with E-state index >= 15 is 0 Å². The van der Waals surface area contributed by atoms with E-state index < -0.39 is 0 Å². The number of thiocarbonyl (C=S) groups is 1. The van der Waals surface area contributed by atoms with Crippen molar-refractivity contribution < 1.29 is 4.74 Å². The van der Waals surface area contributed by atoms with Gasteiger partial charge in [0.2, 0.25) is 0 Å². The number of nitrogens with one attached hydrogen (secondary N) is 1. The monoisotopic (exact) mass is 406 g/mol. The Morgan fingerprint density at radius 1 is 1.14 bits per heavy atom. The standard InChI is InChI=1S/C23H26N4OS/c1-16(2)26-13-11-18(15-26)22-21(20-6-4-5-12-24-20)25-23(29)27(22)14-17-7-9-19(28-3)10-8-17/h4-13,15-16,21-22H,14H2,1-3H3,(H,25,29). The molecule has 0 amide bonds. The molecule has 1 aliphatic heterocycles. The molecule has 0 spiro atoms. The summed E-state index contributed by atoms with van der Waals surface area (Å²) in [6.07, 6.45) is 6.20. The molecule has 2 atom stereocenters. The summed E-state index contributed by atoms with van der Waals surface area (Å²) >= 11 is 5.76. The van der Waals surface area contributed by atoms with Crippen molar-refractivity contribution in [1.29, 1.82) is 0 Å². The maximum atomic E-state index is 5.76. The van der Waals surface area contributed by atoms with Crippen LogP contribution in [0.4, 0.5) is 0 Å². The van der Waals surface area contributed by atoms with Crippen molar-refractivity contribution in [3.8, 4) is 5.75 Å². The quantitative estimate of drug-likeness (QED) is 0.604. The predicted octanol–water partition coefficient (Wildman–Crippen LogP) is 4.65. The second-order valence-electron chi connectivity index (χ2n) is 7.59. The van der Waals surface area contributed by atoms with E-state index in [2.05, 4.69) is 70.3 Å². The van der Waals surface area contributed by atoms with Gasteiger partial charge in [-0.15, -0.1) is 0 Å². The van der Waals surface area contributed by atoms with Crippen LogP contribution < -0.4 is 10.1 Å². The average Bonchev–Trinajstić information content (AvgIpc) is 3.35. The first-order chi connectivity index (χ1) is 14.1. The van der Waals surface area contributed by atoms with Gasteiger partial charge in [-0.1, -0.05) is 18.2 Å². The van der Waals surface area contributed by atoms with E-state index in [0.29, 0.717) is 6.04 Å². The average molecular weight is 407 g/mol. The predicted molar refractivity (Wildman–Crippen MR) is 119 cm³/mol. The van der Waals surface area contributed by atoms with E-state index in [1.165, 1.54) is 11.1 Å². The van der Waals surface area contributed by atoms with Crippen LogP contribution in [-0.4, -0.2) is 26.7 Å². The summed E-state index contributed by atoms with van der Waals surface area (Å²) in [6, 6.07) is 16.9. The number of benzene rings is 1. The minimum atomic E-state index is 0.00459. The zero-order valence-electron chi connectivity index (χ0n) is 16.9. The fraction of sp³-hybridized carbons (Fsp3) is 0.304. The van der Waals surface area contributed by atoms with Gasteiger partial charge in [-0.2, -0.15) is 0 Å². The minimum absolute atomic E-state index is 0.00459. The maximum absolute atomic E-state index is 5.76.